The average Bonchev–Trinajstić information content (AvgIpc) is 3.04. The molecule has 94 valence electrons. The smallest absolute Gasteiger partial charge is 0.147 e. The summed E-state index contributed by atoms with van der Waals surface area (Å²) in [5, 5.41) is 6.65. The number of nitrogens with one attached hydrogen (secondary N) is 2. The number of rotatable bonds is 5. The van der Waals surface area contributed by atoms with Crippen molar-refractivity contribution in [3.05, 3.63) is 42.0 Å². The van der Waals surface area contributed by atoms with Crippen LogP contribution in [-0.2, 0) is 0 Å². The minimum Gasteiger partial charge on any atom is -0.490 e. The molecule has 1 aromatic heterocycles. The maximum atomic E-state index is 5.76. The molecule has 1 unspecified atom stereocenters. The van der Waals surface area contributed by atoms with E-state index in [2.05, 4.69) is 20.6 Å². The molecule has 6 heteroatoms. The van der Waals surface area contributed by atoms with Gasteiger partial charge in [-0.1, -0.05) is 12.1 Å². The second-order valence-corrected chi connectivity index (χ2v) is 4.36. The predicted molar refractivity (Wildman–Crippen MR) is 65.6 cm³/mol. The van der Waals surface area contributed by atoms with Crippen molar-refractivity contribution in [2.45, 2.75) is 25.0 Å². The normalized spacial score (nSPS) is 16.5. The van der Waals surface area contributed by atoms with E-state index in [1.165, 1.54) is 6.33 Å². The van der Waals surface area contributed by atoms with E-state index >= 15 is 0 Å². The molecule has 1 atom stereocenters. The summed E-state index contributed by atoms with van der Waals surface area (Å²) < 4.78 is 5.76. The number of aromatic nitrogens is 3. The Balaban J connectivity index is 1.84. The van der Waals surface area contributed by atoms with E-state index in [0.29, 0.717) is 11.9 Å². The fourth-order valence-electron chi connectivity index (χ4n) is 1.83. The summed E-state index contributed by atoms with van der Waals surface area (Å²) in [4.78, 5) is 4.12. The van der Waals surface area contributed by atoms with Crippen molar-refractivity contribution in [1.29, 1.82) is 0 Å². The van der Waals surface area contributed by atoms with Crippen LogP contribution < -0.4 is 16.0 Å². The summed E-state index contributed by atoms with van der Waals surface area (Å²) in [5.74, 6) is 7.13. The summed E-state index contributed by atoms with van der Waals surface area (Å²) in [6.07, 6.45) is 4.13. The SMILES string of the molecule is NNC(c1cccc(OC2CC2)c1)c1ncn[nH]1. The minimum absolute atomic E-state index is 0.213. The first-order chi connectivity index (χ1) is 8.86. The number of H-pyrrole nitrogens is 1. The molecule has 0 spiro atoms. The largest absolute Gasteiger partial charge is 0.490 e. The Hall–Kier alpha value is -1.92. The number of nitrogens with two attached hydrogens (primary N) is 1. The predicted octanol–water partition coefficient (Wildman–Crippen LogP) is 0.899. The Labute approximate surface area is 105 Å². The molecule has 1 fully saturated rings. The van der Waals surface area contributed by atoms with Crippen LogP contribution in [0.5, 0.6) is 5.75 Å². The minimum atomic E-state index is -0.213. The van der Waals surface area contributed by atoms with Gasteiger partial charge in [-0.2, -0.15) is 5.10 Å². The molecule has 18 heavy (non-hydrogen) atoms. The lowest BCUT2D eigenvalue weighted by atomic mass is 10.1. The van der Waals surface area contributed by atoms with Gasteiger partial charge in [0.25, 0.3) is 0 Å². The first-order valence-electron chi connectivity index (χ1n) is 5.95. The molecule has 1 saturated carbocycles. The first-order valence-corrected chi connectivity index (χ1v) is 5.95. The summed E-state index contributed by atoms with van der Waals surface area (Å²) in [5.41, 5.74) is 3.72. The van der Waals surface area contributed by atoms with Crippen LogP contribution in [0, 0.1) is 0 Å². The van der Waals surface area contributed by atoms with E-state index in [1.54, 1.807) is 0 Å². The summed E-state index contributed by atoms with van der Waals surface area (Å²) in [6.45, 7) is 0. The molecule has 0 aliphatic heterocycles. The van der Waals surface area contributed by atoms with Gasteiger partial charge in [-0.3, -0.25) is 10.9 Å². The van der Waals surface area contributed by atoms with Crippen LogP contribution in [0.3, 0.4) is 0 Å². The van der Waals surface area contributed by atoms with Crippen LogP contribution in [-0.4, -0.2) is 21.3 Å². The second kappa shape index (κ2) is 4.75. The molecule has 2 aromatic rings. The lowest BCUT2D eigenvalue weighted by molar-refractivity contribution is 0.302. The summed E-state index contributed by atoms with van der Waals surface area (Å²) in [7, 11) is 0. The van der Waals surface area contributed by atoms with E-state index in [-0.39, 0.29) is 6.04 Å². The standard InChI is InChI=1S/C12H15N5O/c13-16-11(12-14-7-15-17-12)8-2-1-3-10(6-8)18-9-4-5-9/h1-3,6-7,9,11,16H,4-5,13H2,(H,14,15,17). The average molecular weight is 245 g/mol. The molecule has 0 amide bonds. The molecule has 1 heterocycles. The fraction of sp³-hybridized carbons (Fsp3) is 0.333. The van der Waals surface area contributed by atoms with Crippen LogP contribution in [0.4, 0.5) is 0 Å². The van der Waals surface area contributed by atoms with Crippen LogP contribution in [0.25, 0.3) is 0 Å². The van der Waals surface area contributed by atoms with E-state index < -0.39 is 0 Å². The second-order valence-electron chi connectivity index (χ2n) is 4.36. The van der Waals surface area contributed by atoms with Crippen LogP contribution in [0.2, 0.25) is 0 Å². The van der Waals surface area contributed by atoms with E-state index in [9.17, 15) is 0 Å². The van der Waals surface area contributed by atoms with Crippen molar-refractivity contribution in [3.63, 3.8) is 0 Å². The molecule has 6 nitrogen and oxygen atoms in total. The molecular weight excluding hydrogens is 230 g/mol. The van der Waals surface area contributed by atoms with Crippen molar-refractivity contribution in [2.24, 2.45) is 5.84 Å². The van der Waals surface area contributed by atoms with Gasteiger partial charge in [0.05, 0.1) is 6.10 Å². The van der Waals surface area contributed by atoms with E-state index in [4.69, 9.17) is 10.6 Å². The number of nitrogens with zero attached hydrogens (tertiary/aromatic N) is 2. The Bertz CT molecular complexity index is 509. The third-order valence-corrected chi connectivity index (χ3v) is 2.89. The monoisotopic (exact) mass is 245 g/mol. The molecule has 3 rings (SSSR count). The van der Waals surface area contributed by atoms with Gasteiger partial charge in [-0.25, -0.2) is 10.4 Å². The van der Waals surface area contributed by atoms with Gasteiger partial charge in [0, 0.05) is 0 Å². The van der Waals surface area contributed by atoms with Gasteiger partial charge in [-0.05, 0) is 30.5 Å². The number of hydrazine groups is 1. The van der Waals surface area contributed by atoms with Gasteiger partial charge < -0.3 is 4.74 Å². The number of hydrogen-bond acceptors (Lipinski definition) is 5. The van der Waals surface area contributed by atoms with Crippen LogP contribution >= 0.6 is 0 Å². The van der Waals surface area contributed by atoms with Crippen molar-refractivity contribution >= 4 is 0 Å². The van der Waals surface area contributed by atoms with E-state index in [1.807, 2.05) is 24.3 Å². The Kier molecular flexibility index (Phi) is 2.95. The zero-order chi connectivity index (χ0) is 12.4. The van der Waals surface area contributed by atoms with Gasteiger partial charge in [0.15, 0.2) is 0 Å². The van der Waals surface area contributed by atoms with Crippen molar-refractivity contribution < 1.29 is 4.74 Å². The number of aromatic amines is 1. The quantitative estimate of drug-likeness (QED) is 0.538. The Morgan fingerprint density at radius 1 is 1.44 bits per heavy atom. The Morgan fingerprint density at radius 2 is 2.33 bits per heavy atom. The van der Waals surface area contributed by atoms with E-state index in [0.717, 1.165) is 24.2 Å². The molecule has 4 N–H and O–H groups in total. The number of ether oxygens (including phenoxy) is 1. The first kappa shape index (κ1) is 11.2. The molecule has 1 aliphatic rings. The fourth-order valence-corrected chi connectivity index (χ4v) is 1.83. The van der Waals surface area contributed by atoms with Gasteiger partial charge in [0.2, 0.25) is 0 Å². The highest BCUT2D eigenvalue weighted by Crippen LogP contribution is 2.28. The van der Waals surface area contributed by atoms with Crippen molar-refractivity contribution in [2.75, 3.05) is 0 Å². The van der Waals surface area contributed by atoms with Gasteiger partial charge >= 0.3 is 0 Å². The van der Waals surface area contributed by atoms with Crippen molar-refractivity contribution in [1.82, 2.24) is 20.6 Å². The zero-order valence-corrected chi connectivity index (χ0v) is 9.84. The van der Waals surface area contributed by atoms with Crippen LogP contribution in [0.1, 0.15) is 30.3 Å². The highest BCUT2D eigenvalue weighted by atomic mass is 16.5. The van der Waals surface area contributed by atoms with Crippen LogP contribution in [0.15, 0.2) is 30.6 Å². The highest BCUT2D eigenvalue weighted by Gasteiger charge is 2.24. The topological polar surface area (TPSA) is 88.8 Å². The zero-order valence-electron chi connectivity index (χ0n) is 9.84. The van der Waals surface area contributed by atoms with Crippen molar-refractivity contribution in [3.8, 4) is 5.75 Å². The maximum Gasteiger partial charge on any atom is 0.147 e. The molecule has 1 aromatic carbocycles. The lowest BCUT2D eigenvalue weighted by Crippen LogP contribution is -2.29. The third kappa shape index (κ3) is 2.34. The molecular formula is C12H15N5O. The highest BCUT2D eigenvalue weighted by molar-refractivity contribution is 5.33. The summed E-state index contributed by atoms with van der Waals surface area (Å²) in [6, 6.07) is 7.65. The molecule has 0 saturated heterocycles. The number of hydrogen-bond donors (Lipinski definition) is 3. The molecule has 1 aliphatic carbocycles. The third-order valence-electron chi connectivity index (χ3n) is 2.89. The maximum absolute atomic E-state index is 5.76. The Morgan fingerprint density at radius 3 is 3.00 bits per heavy atom. The lowest BCUT2D eigenvalue weighted by Gasteiger charge is -2.14. The van der Waals surface area contributed by atoms with Gasteiger partial charge in [0.1, 0.15) is 23.9 Å². The summed E-state index contributed by atoms with van der Waals surface area (Å²) >= 11 is 0. The van der Waals surface area contributed by atoms with Gasteiger partial charge in [-0.15, -0.1) is 0 Å². The molecule has 0 bridgehead atoms. The number of benzene rings is 1. The molecule has 0 radical (unpaired) electrons.